The van der Waals surface area contributed by atoms with E-state index in [4.69, 9.17) is 9.84 Å². The van der Waals surface area contributed by atoms with E-state index in [9.17, 15) is 14.4 Å². The maximum atomic E-state index is 12.3. The average molecular weight is 334 g/mol. The summed E-state index contributed by atoms with van der Waals surface area (Å²) in [6.07, 6.45) is -0.0841. The molecule has 0 aromatic heterocycles. The molecule has 1 atom stereocenters. The minimum atomic E-state index is -0.986. The van der Waals surface area contributed by atoms with Gasteiger partial charge in [0, 0.05) is 13.1 Å². The number of nitrogens with zero attached hydrogens (tertiary/aromatic N) is 1. The van der Waals surface area contributed by atoms with Crippen LogP contribution < -0.4 is 5.32 Å². The molecule has 0 bridgehead atoms. The number of hydrogen-bond acceptors (Lipinski definition) is 4. The predicted octanol–water partition coefficient (Wildman–Crippen LogP) is 2.01. The molecule has 1 fully saturated rings. The molecule has 24 heavy (non-hydrogen) atoms. The lowest BCUT2D eigenvalue weighted by Gasteiger charge is -2.21. The molecule has 2 amide bonds. The fraction of sp³-hybridized carbons (Fsp3) is 0.471. The Morgan fingerprint density at radius 3 is 2.46 bits per heavy atom. The van der Waals surface area contributed by atoms with Gasteiger partial charge in [-0.15, -0.1) is 0 Å². The summed E-state index contributed by atoms with van der Waals surface area (Å²) in [7, 11) is 0. The number of nitrogens with one attached hydrogen (secondary N) is 1. The van der Waals surface area contributed by atoms with Crippen molar-refractivity contribution in [3.8, 4) is 0 Å². The number of ether oxygens (including phenoxy) is 1. The Bertz CT molecular complexity index is 633. The Labute approximate surface area is 140 Å². The molecule has 1 saturated heterocycles. The number of carbonyl (C=O) groups is 3. The van der Waals surface area contributed by atoms with Crippen molar-refractivity contribution in [1.29, 1.82) is 0 Å². The lowest BCUT2D eigenvalue weighted by Crippen LogP contribution is -2.43. The second-order valence-corrected chi connectivity index (χ2v) is 6.75. The van der Waals surface area contributed by atoms with Crippen LogP contribution in [0.5, 0.6) is 0 Å². The van der Waals surface area contributed by atoms with Crippen LogP contribution in [0.15, 0.2) is 24.3 Å². The van der Waals surface area contributed by atoms with Gasteiger partial charge in [0.15, 0.2) is 0 Å². The standard InChI is InChI=1S/C17H22N2O5/c1-17(2,3)24-16(23)18-13-8-9-19(14(13)20)10-11-4-6-12(7-5-11)15(21)22/h4-7,13H,8-10H2,1-3H3,(H,18,23)(H,21,22). The monoisotopic (exact) mass is 334 g/mol. The van der Waals surface area contributed by atoms with Gasteiger partial charge in [-0.25, -0.2) is 9.59 Å². The zero-order valence-corrected chi connectivity index (χ0v) is 14.0. The van der Waals surface area contributed by atoms with Gasteiger partial charge in [-0.2, -0.15) is 0 Å². The minimum absolute atomic E-state index is 0.164. The number of aromatic carboxylic acids is 1. The van der Waals surface area contributed by atoms with Crippen LogP contribution in [0.2, 0.25) is 0 Å². The third kappa shape index (κ3) is 4.71. The SMILES string of the molecule is CC(C)(C)OC(=O)NC1CCN(Cc2ccc(C(=O)O)cc2)C1=O. The Kier molecular flexibility index (Phi) is 5.11. The molecule has 7 nitrogen and oxygen atoms in total. The average Bonchev–Trinajstić information content (AvgIpc) is 2.79. The first kappa shape index (κ1) is 17.8. The highest BCUT2D eigenvalue weighted by Crippen LogP contribution is 2.16. The van der Waals surface area contributed by atoms with Crippen LogP contribution >= 0.6 is 0 Å². The van der Waals surface area contributed by atoms with Gasteiger partial charge >= 0.3 is 12.1 Å². The van der Waals surface area contributed by atoms with E-state index in [1.807, 2.05) is 0 Å². The van der Waals surface area contributed by atoms with E-state index in [2.05, 4.69) is 5.32 Å². The highest BCUT2D eigenvalue weighted by Gasteiger charge is 2.33. The number of benzene rings is 1. The van der Waals surface area contributed by atoms with Crippen LogP contribution in [-0.2, 0) is 16.1 Å². The maximum Gasteiger partial charge on any atom is 0.408 e. The van der Waals surface area contributed by atoms with Gasteiger partial charge in [0.25, 0.3) is 0 Å². The smallest absolute Gasteiger partial charge is 0.408 e. The third-order valence-corrected chi connectivity index (χ3v) is 3.56. The van der Waals surface area contributed by atoms with Gasteiger partial charge in [-0.3, -0.25) is 4.79 Å². The number of amides is 2. The molecule has 7 heteroatoms. The van der Waals surface area contributed by atoms with Crippen molar-refractivity contribution in [2.45, 2.75) is 45.4 Å². The molecule has 1 aromatic carbocycles. The quantitative estimate of drug-likeness (QED) is 0.878. The van der Waals surface area contributed by atoms with E-state index in [-0.39, 0.29) is 11.5 Å². The van der Waals surface area contributed by atoms with Crippen LogP contribution in [0.3, 0.4) is 0 Å². The second kappa shape index (κ2) is 6.90. The van der Waals surface area contributed by atoms with E-state index in [0.29, 0.717) is 19.5 Å². The fourth-order valence-corrected chi connectivity index (χ4v) is 2.45. The van der Waals surface area contributed by atoms with Crippen LogP contribution in [0.1, 0.15) is 43.1 Å². The molecular weight excluding hydrogens is 312 g/mol. The summed E-state index contributed by atoms with van der Waals surface area (Å²) in [5, 5.41) is 11.5. The normalized spacial score (nSPS) is 17.7. The van der Waals surface area contributed by atoms with Crippen molar-refractivity contribution < 1.29 is 24.2 Å². The first-order chi connectivity index (χ1) is 11.2. The van der Waals surface area contributed by atoms with Gasteiger partial charge in [0.05, 0.1) is 5.56 Å². The van der Waals surface area contributed by atoms with Crippen molar-refractivity contribution in [2.75, 3.05) is 6.54 Å². The molecule has 0 spiro atoms. The van der Waals surface area contributed by atoms with Gasteiger partial charge < -0.3 is 20.1 Å². The minimum Gasteiger partial charge on any atom is -0.478 e. The van der Waals surface area contributed by atoms with E-state index < -0.39 is 23.7 Å². The summed E-state index contributed by atoms with van der Waals surface area (Å²) >= 11 is 0. The molecule has 0 radical (unpaired) electrons. The molecule has 1 aliphatic heterocycles. The number of carboxylic acid groups (broad SMARTS) is 1. The summed E-state index contributed by atoms with van der Waals surface area (Å²) in [5.74, 6) is -1.15. The third-order valence-electron chi connectivity index (χ3n) is 3.56. The van der Waals surface area contributed by atoms with Crippen molar-refractivity contribution in [3.05, 3.63) is 35.4 Å². The lowest BCUT2D eigenvalue weighted by atomic mass is 10.1. The first-order valence-electron chi connectivity index (χ1n) is 7.76. The molecule has 1 heterocycles. The lowest BCUT2D eigenvalue weighted by molar-refractivity contribution is -0.129. The van der Waals surface area contributed by atoms with E-state index >= 15 is 0 Å². The Balaban J connectivity index is 1.91. The Hall–Kier alpha value is -2.57. The molecule has 1 aliphatic rings. The summed E-state index contributed by atoms with van der Waals surface area (Å²) in [5.41, 5.74) is 0.430. The topological polar surface area (TPSA) is 95.9 Å². The van der Waals surface area contributed by atoms with Crippen LogP contribution in [0.4, 0.5) is 4.79 Å². The maximum absolute atomic E-state index is 12.3. The molecular formula is C17H22N2O5. The van der Waals surface area contributed by atoms with Crippen molar-refractivity contribution in [1.82, 2.24) is 10.2 Å². The predicted molar refractivity (Wildman–Crippen MR) is 86.6 cm³/mol. The number of carbonyl (C=O) groups excluding carboxylic acids is 2. The number of carboxylic acids is 1. The van der Waals surface area contributed by atoms with Gasteiger partial charge in [0.1, 0.15) is 11.6 Å². The molecule has 0 saturated carbocycles. The molecule has 2 rings (SSSR count). The van der Waals surface area contributed by atoms with Crippen molar-refractivity contribution in [3.63, 3.8) is 0 Å². The van der Waals surface area contributed by atoms with Crippen LogP contribution in [0, 0.1) is 0 Å². The summed E-state index contributed by atoms with van der Waals surface area (Å²) in [6.45, 7) is 6.19. The van der Waals surface area contributed by atoms with E-state index in [1.54, 1.807) is 37.8 Å². The van der Waals surface area contributed by atoms with E-state index in [0.717, 1.165) is 5.56 Å². The number of rotatable bonds is 4. The van der Waals surface area contributed by atoms with Gasteiger partial charge in [0.2, 0.25) is 5.91 Å². The van der Waals surface area contributed by atoms with Gasteiger partial charge in [-0.05, 0) is 44.9 Å². The molecule has 1 aromatic rings. The summed E-state index contributed by atoms with van der Waals surface area (Å²) in [6, 6.07) is 5.80. The van der Waals surface area contributed by atoms with Crippen LogP contribution in [-0.4, -0.2) is 46.2 Å². The van der Waals surface area contributed by atoms with Crippen LogP contribution in [0.25, 0.3) is 0 Å². The summed E-state index contributed by atoms with van der Waals surface area (Å²) in [4.78, 5) is 36.6. The zero-order valence-electron chi connectivity index (χ0n) is 14.0. The number of hydrogen-bond donors (Lipinski definition) is 2. The highest BCUT2D eigenvalue weighted by atomic mass is 16.6. The van der Waals surface area contributed by atoms with Crippen molar-refractivity contribution in [2.24, 2.45) is 0 Å². The van der Waals surface area contributed by atoms with Crippen molar-refractivity contribution >= 4 is 18.0 Å². The Morgan fingerprint density at radius 1 is 1.29 bits per heavy atom. The highest BCUT2D eigenvalue weighted by molar-refractivity contribution is 5.88. The first-order valence-corrected chi connectivity index (χ1v) is 7.76. The summed E-state index contributed by atoms with van der Waals surface area (Å²) < 4.78 is 5.16. The Morgan fingerprint density at radius 2 is 1.92 bits per heavy atom. The van der Waals surface area contributed by atoms with E-state index in [1.165, 1.54) is 12.1 Å². The van der Waals surface area contributed by atoms with Gasteiger partial charge in [-0.1, -0.05) is 12.1 Å². The molecule has 0 aliphatic carbocycles. The number of alkyl carbamates (subject to hydrolysis) is 1. The fourth-order valence-electron chi connectivity index (χ4n) is 2.45. The molecule has 2 N–H and O–H groups in total. The second-order valence-electron chi connectivity index (χ2n) is 6.75. The molecule has 130 valence electrons. The molecule has 1 unspecified atom stereocenters. The largest absolute Gasteiger partial charge is 0.478 e. The number of likely N-dealkylation sites (tertiary alicyclic amines) is 1. The zero-order chi connectivity index (χ0) is 17.9.